The van der Waals surface area contributed by atoms with E-state index in [-0.39, 0.29) is 41.4 Å². The van der Waals surface area contributed by atoms with Gasteiger partial charge in [0, 0.05) is 17.5 Å². The summed E-state index contributed by atoms with van der Waals surface area (Å²) >= 11 is 0. The highest BCUT2D eigenvalue weighted by molar-refractivity contribution is 6.05. The van der Waals surface area contributed by atoms with E-state index in [1.54, 1.807) is 32.0 Å². The molecule has 112 valence electrons. The molecule has 2 rings (SSSR count). The van der Waals surface area contributed by atoms with Crippen molar-refractivity contribution in [1.29, 1.82) is 0 Å². The van der Waals surface area contributed by atoms with E-state index in [9.17, 15) is 14.4 Å². The fourth-order valence-electron chi connectivity index (χ4n) is 2.46. The number of carbonyl (C=O) groups excluding carboxylic acids is 3. The first-order valence-corrected chi connectivity index (χ1v) is 6.69. The van der Waals surface area contributed by atoms with Gasteiger partial charge in [0.25, 0.3) is 0 Å². The van der Waals surface area contributed by atoms with E-state index >= 15 is 0 Å². The zero-order valence-corrected chi connectivity index (χ0v) is 12.3. The predicted octanol–water partition coefficient (Wildman–Crippen LogP) is 1.20. The third-order valence-corrected chi connectivity index (χ3v) is 3.96. The van der Waals surface area contributed by atoms with Crippen LogP contribution in [0.2, 0.25) is 0 Å². The fourth-order valence-corrected chi connectivity index (χ4v) is 2.46. The van der Waals surface area contributed by atoms with Gasteiger partial charge in [-0.2, -0.15) is 0 Å². The van der Waals surface area contributed by atoms with E-state index in [2.05, 4.69) is 0 Å². The smallest absolute Gasteiger partial charge is 0.340 e. The first kappa shape index (κ1) is 15.0. The summed E-state index contributed by atoms with van der Waals surface area (Å²) in [6, 6.07) is 4.92. The summed E-state index contributed by atoms with van der Waals surface area (Å²) in [6.45, 7) is 3.48. The normalized spacial score (nSPS) is 21.8. The van der Waals surface area contributed by atoms with Gasteiger partial charge in [-0.3, -0.25) is 14.5 Å². The van der Waals surface area contributed by atoms with Crippen molar-refractivity contribution in [2.24, 2.45) is 11.8 Å². The number of carbonyl (C=O) groups is 3. The van der Waals surface area contributed by atoms with Gasteiger partial charge in [-0.1, -0.05) is 26.0 Å². The Hall–Kier alpha value is -2.37. The molecule has 1 heterocycles. The topological polar surface area (TPSA) is 89.7 Å². The van der Waals surface area contributed by atoms with Crippen LogP contribution in [0.15, 0.2) is 18.2 Å². The molecule has 2 amide bonds. The van der Waals surface area contributed by atoms with Gasteiger partial charge in [-0.25, -0.2) is 4.79 Å². The maximum Gasteiger partial charge on any atom is 0.340 e. The van der Waals surface area contributed by atoms with Crippen LogP contribution in [0.3, 0.4) is 0 Å². The molecule has 2 unspecified atom stereocenters. The molecule has 1 saturated heterocycles. The predicted molar refractivity (Wildman–Crippen MR) is 76.1 cm³/mol. The zero-order chi connectivity index (χ0) is 15.7. The van der Waals surface area contributed by atoms with E-state index in [4.69, 9.17) is 10.5 Å². The number of anilines is 1. The molecule has 1 aromatic carbocycles. The number of ether oxygens (including phenoxy) is 1. The number of imide groups is 1. The average Bonchev–Trinajstić information content (AvgIpc) is 2.64. The molecule has 0 aromatic heterocycles. The van der Waals surface area contributed by atoms with Gasteiger partial charge in [-0.15, -0.1) is 0 Å². The highest BCUT2D eigenvalue weighted by Crippen LogP contribution is 2.28. The largest absolute Gasteiger partial charge is 0.465 e. The van der Waals surface area contributed by atoms with Gasteiger partial charge in [0.1, 0.15) is 0 Å². The van der Waals surface area contributed by atoms with Crippen LogP contribution in [0.4, 0.5) is 5.69 Å². The zero-order valence-electron chi connectivity index (χ0n) is 12.3. The lowest BCUT2D eigenvalue weighted by Crippen LogP contribution is -2.31. The molecule has 1 aliphatic rings. The molecule has 1 fully saturated rings. The Morgan fingerprint density at radius 3 is 2.33 bits per heavy atom. The Kier molecular flexibility index (Phi) is 3.97. The highest BCUT2D eigenvalue weighted by atomic mass is 16.5. The summed E-state index contributed by atoms with van der Waals surface area (Å²) in [4.78, 5) is 37.3. The number of amides is 2. The molecule has 2 atom stereocenters. The van der Waals surface area contributed by atoms with Crippen molar-refractivity contribution in [3.63, 3.8) is 0 Å². The van der Waals surface area contributed by atoms with Crippen LogP contribution in [0.25, 0.3) is 0 Å². The Morgan fingerprint density at radius 2 is 1.81 bits per heavy atom. The second-order valence-corrected chi connectivity index (χ2v) is 5.21. The number of nitrogen functional groups attached to an aromatic ring is 1. The minimum Gasteiger partial charge on any atom is -0.465 e. The van der Waals surface area contributed by atoms with Crippen LogP contribution in [0.1, 0.15) is 29.8 Å². The average molecular weight is 290 g/mol. The Morgan fingerprint density at radius 1 is 1.24 bits per heavy atom. The number of methoxy groups -OCH3 is 1. The van der Waals surface area contributed by atoms with Crippen molar-refractivity contribution in [2.75, 3.05) is 12.8 Å². The van der Waals surface area contributed by atoms with Gasteiger partial charge in [0.2, 0.25) is 11.8 Å². The number of nitrogens with two attached hydrogens (primary N) is 1. The molecule has 6 nitrogen and oxygen atoms in total. The second kappa shape index (κ2) is 5.55. The van der Waals surface area contributed by atoms with E-state index in [1.165, 1.54) is 12.0 Å². The van der Waals surface area contributed by atoms with E-state index < -0.39 is 5.97 Å². The summed E-state index contributed by atoms with van der Waals surface area (Å²) in [7, 11) is 1.26. The molecular formula is C15H18N2O4. The molecule has 0 bridgehead atoms. The van der Waals surface area contributed by atoms with Gasteiger partial charge in [0.15, 0.2) is 0 Å². The summed E-state index contributed by atoms with van der Waals surface area (Å²) in [6.07, 6.45) is 0. The lowest BCUT2D eigenvalue weighted by Gasteiger charge is -2.17. The summed E-state index contributed by atoms with van der Waals surface area (Å²) < 4.78 is 4.71. The molecule has 0 radical (unpaired) electrons. The van der Waals surface area contributed by atoms with Crippen molar-refractivity contribution >= 4 is 23.5 Å². The van der Waals surface area contributed by atoms with Crippen molar-refractivity contribution in [1.82, 2.24) is 4.90 Å². The SMILES string of the molecule is COC(=O)c1c(N)cccc1CN1C(=O)C(C)C(C)C1=O. The molecule has 0 aliphatic carbocycles. The van der Waals surface area contributed by atoms with Gasteiger partial charge in [0.05, 0.1) is 19.2 Å². The third kappa shape index (κ3) is 2.49. The fraction of sp³-hybridized carbons (Fsp3) is 0.400. The quantitative estimate of drug-likeness (QED) is 0.513. The number of benzene rings is 1. The number of nitrogens with zero attached hydrogens (tertiary/aromatic N) is 1. The minimum absolute atomic E-state index is 0.0296. The number of hydrogen-bond donors (Lipinski definition) is 1. The Bertz CT molecular complexity index is 592. The molecule has 1 aromatic rings. The van der Waals surface area contributed by atoms with Gasteiger partial charge < -0.3 is 10.5 Å². The standard InChI is InChI=1S/C15H18N2O4/c1-8-9(2)14(19)17(13(8)18)7-10-5-4-6-11(16)12(10)15(20)21-3/h4-6,8-9H,7,16H2,1-3H3. The molecule has 2 N–H and O–H groups in total. The Labute approximate surface area is 122 Å². The van der Waals surface area contributed by atoms with Gasteiger partial charge in [-0.05, 0) is 11.6 Å². The highest BCUT2D eigenvalue weighted by Gasteiger charge is 2.42. The summed E-state index contributed by atoms with van der Waals surface area (Å²) in [5.74, 6) is -1.74. The minimum atomic E-state index is -0.580. The number of likely N-dealkylation sites (tertiary alicyclic amines) is 1. The number of hydrogen-bond acceptors (Lipinski definition) is 5. The molecular weight excluding hydrogens is 272 g/mol. The first-order chi connectivity index (χ1) is 9.88. The van der Waals surface area contributed by atoms with Crippen molar-refractivity contribution in [2.45, 2.75) is 20.4 Å². The first-order valence-electron chi connectivity index (χ1n) is 6.69. The molecule has 6 heteroatoms. The van der Waals surface area contributed by atoms with Crippen LogP contribution >= 0.6 is 0 Å². The third-order valence-electron chi connectivity index (χ3n) is 3.96. The van der Waals surface area contributed by atoms with E-state index in [0.29, 0.717) is 5.56 Å². The molecule has 1 aliphatic heterocycles. The number of esters is 1. The van der Waals surface area contributed by atoms with E-state index in [1.807, 2.05) is 0 Å². The van der Waals surface area contributed by atoms with Crippen LogP contribution in [0, 0.1) is 11.8 Å². The van der Waals surface area contributed by atoms with Crippen LogP contribution in [-0.4, -0.2) is 29.8 Å². The van der Waals surface area contributed by atoms with Crippen molar-refractivity contribution in [3.8, 4) is 0 Å². The maximum atomic E-state index is 12.1. The lowest BCUT2D eigenvalue weighted by molar-refractivity contribution is -0.140. The Balaban J connectivity index is 2.37. The molecule has 21 heavy (non-hydrogen) atoms. The lowest BCUT2D eigenvalue weighted by atomic mass is 10.00. The second-order valence-electron chi connectivity index (χ2n) is 5.21. The summed E-state index contributed by atoms with van der Waals surface area (Å²) in [5.41, 5.74) is 6.78. The maximum absolute atomic E-state index is 12.1. The van der Waals surface area contributed by atoms with E-state index in [0.717, 1.165) is 0 Å². The van der Waals surface area contributed by atoms with Crippen LogP contribution < -0.4 is 5.73 Å². The monoisotopic (exact) mass is 290 g/mol. The van der Waals surface area contributed by atoms with Crippen molar-refractivity contribution in [3.05, 3.63) is 29.3 Å². The molecule has 0 spiro atoms. The van der Waals surface area contributed by atoms with Crippen LogP contribution in [-0.2, 0) is 20.9 Å². The number of rotatable bonds is 3. The van der Waals surface area contributed by atoms with Crippen LogP contribution in [0.5, 0.6) is 0 Å². The van der Waals surface area contributed by atoms with Crippen molar-refractivity contribution < 1.29 is 19.1 Å². The van der Waals surface area contributed by atoms with Gasteiger partial charge >= 0.3 is 5.97 Å². The summed E-state index contributed by atoms with van der Waals surface area (Å²) in [5, 5.41) is 0. The molecule has 0 saturated carbocycles.